The average molecular weight is 313 g/mol. The van der Waals surface area contributed by atoms with Crippen molar-refractivity contribution in [3.05, 3.63) is 40.3 Å². The summed E-state index contributed by atoms with van der Waals surface area (Å²) < 4.78 is 1.47. The zero-order chi connectivity index (χ0) is 16.4. The Labute approximate surface area is 135 Å². The van der Waals surface area contributed by atoms with Gasteiger partial charge in [0.25, 0.3) is 11.5 Å². The van der Waals surface area contributed by atoms with Gasteiger partial charge in [0.05, 0.1) is 0 Å². The number of amides is 1. The molecule has 1 aliphatic rings. The standard InChI is InChI=1S/C18H23N3O2/c1-3-21(14-9-5-4-6-10-14)18(23)15-12-13-8-7-11-19-16(13)20(2)17(15)22/h7-8,11-12,14H,3-6,9-10H2,1-2H3. The van der Waals surface area contributed by atoms with Gasteiger partial charge in [0, 0.05) is 31.2 Å². The SMILES string of the molecule is CCN(C(=O)c1cc2cccnc2n(C)c1=O)C1CCCCC1. The van der Waals surface area contributed by atoms with Crippen molar-refractivity contribution in [3.8, 4) is 0 Å². The number of rotatable bonds is 3. The second-order valence-corrected chi connectivity index (χ2v) is 6.22. The molecular weight excluding hydrogens is 290 g/mol. The van der Waals surface area contributed by atoms with Crippen LogP contribution in [0, 0.1) is 0 Å². The molecule has 1 amide bonds. The van der Waals surface area contributed by atoms with Crippen LogP contribution in [0.5, 0.6) is 0 Å². The van der Waals surface area contributed by atoms with E-state index in [0.29, 0.717) is 12.2 Å². The summed E-state index contributed by atoms with van der Waals surface area (Å²) in [6.45, 7) is 2.62. The largest absolute Gasteiger partial charge is 0.336 e. The van der Waals surface area contributed by atoms with Crippen molar-refractivity contribution in [2.24, 2.45) is 7.05 Å². The fraction of sp³-hybridized carbons (Fsp3) is 0.500. The molecule has 0 unspecified atom stereocenters. The molecule has 5 nitrogen and oxygen atoms in total. The smallest absolute Gasteiger partial charge is 0.264 e. The normalized spacial score (nSPS) is 15.7. The minimum absolute atomic E-state index is 0.147. The molecule has 1 fully saturated rings. The highest BCUT2D eigenvalue weighted by Gasteiger charge is 2.27. The highest BCUT2D eigenvalue weighted by atomic mass is 16.2. The van der Waals surface area contributed by atoms with E-state index in [4.69, 9.17) is 0 Å². The van der Waals surface area contributed by atoms with Crippen LogP contribution >= 0.6 is 0 Å². The number of hydrogen-bond donors (Lipinski definition) is 0. The van der Waals surface area contributed by atoms with Gasteiger partial charge in [0.2, 0.25) is 0 Å². The molecule has 0 spiro atoms. The molecule has 0 N–H and O–H groups in total. The maximum Gasteiger partial charge on any atom is 0.264 e. The highest BCUT2D eigenvalue weighted by molar-refractivity contribution is 5.97. The van der Waals surface area contributed by atoms with E-state index in [1.165, 1.54) is 11.0 Å². The number of pyridine rings is 2. The summed E-state index contributed by atoms with van der Waals surface area (Å²) in [7, 11) is 1.67. The predicted molar refractivity (Wildman–Crippen MR) is 90.6 cm³/mol. The summed E-state index contributed by atoms with van der Waals surface area (Å²) in [5.41, 5.74) is 0.589. The van der Waals surface area contributed by atoms with E-state index in [1.54, 1.807) is 19.3 Å². The quantitative estimate of drug-likeness (QED) is 0.875. The minimum Gasteiger partial charge on any atom is -0.336 e. The van der Waals surface area contributed by atoms with Crippen LogP contribution in [-0.4, -0.2) is 32.9 Å². The third-order valence-electron chi connectivity index (χ3n) is 4.82. The lowest BCUT2D eigenvalue weighted by Gasteiger charge is -2.33. The van der Waals surface area contributed by atoms with Crippen LogP contribution in [0.3, 0.4) is 0 Å². The molecule has 0 atom stereocenters. The Kier molecular flexibility index (Phi) is 4.46. The number of carbonyl (C=O) groups is 1. The molecule has 5 heteroatoms. The first kappa shape index (κ1) is 15.7. The van der Waals surface area contributed by atoms with Gasteiger partial charge in [-0.2, -0.15) is 0 Å². The van der Waals surface area contributed by atoms with Crippen LogP contribution in [0.4, 0.5) is 0 Å². The zero-order valence-electron chi connectivity index (χ0n) is 13.8. The Morgan fingerprint density at radius 2 is 2.09 bits per heavy atom. The molecule has 3 rings (SSSR count). The Bertz CT molecular complexity index is 775. The van der Waals surface area contributed by atoms with Gasteiger partial charge in [-0.15, -0.1) is 0 Å². The van der Waals surface area contributed by atoms with E-state index in [0.717, 1.165) is 31.1 Å². The maximum absolute atomic E-state index is 13.0. The number of aromatic nitrogens is 2. The summed E-state index contributed by atoms with van der Waals surface area (Å²) in [4.78, 5) is 31.7. The number of nitrogens with zero attached hydrogens (tertiary/aromatic N) is 3. The number of carbonyl (C=O) groups excluding carboxylic acids is 1. The topological polar surface area (TPSA) is 55.2 Å². The monoisotopic (exact) mass is 313 g/mol. The molecule has 0 radical (unpaired) electrons. The predicted octanol–water partition coefficient (Wildman–Crippen LogP) is 2.73. The lowest BCUT2D eigenvalue weighted by atomic mass is 9.93. The van der Waals surface area contributed by atoms with Gasteiger partial charge in [0.1, 0.15) is 11.2 Å². The number of hydrogen-bond acceptors (Lipinski definition) is 3. The minimum atomic E-state index is -0.268. The Morgan fingerprint density at radius 3 is 2.78 bits per heavy atom. The van der Waals surface area contributed by atoms with Crippen LogP contribution < -0.4 is 5.56 Å². The highest BCUT2D eigenvalue weighted by Crippen LogP contribution is 2.24. The van der Waals surface area contributed by atoms with Crippen LogP contribution in [0.2, 0.25) is 0 Å². The zero-order valence-corrected chi connectivity index (χ0v) is 13.8. The molecule has 2 heterocycles. The van der Waals surface area contributed by atoms with E-state index in [9.17, 15) is 9.59 Å². The van der Waals surface area contributed by atoms with Crippen molar-refractivity contribution in [2.45, 2.75) is 45.1 Å². The molecule has 1 aliphatic carbocycles. The fourth-order valence-corrected chi connectivity index (χ4v) is 3.56. The van der Waals surface area contributed by atoms with Crippen molar-refractivity contribution >= 4 is 16.9 Å². The van der Waals surface area contributed by atoms with E-state index in [2.05, 4.69) is 4.98 Å². The summed E-state index contributed by atoms with van der Waals surface area (Å²) in [5, 5.41) is 0.817. The molecule has 0 aliphatic heterocycles. The van der Waals surface area contributed by atoms with Gasteiger partial charge in [0.15, 0.2) is 0 Å². The third-order valence-corrected chi connectivity index (χ3v) is 4.82. The molecule has 122 valence electrons. The Hall–Kier alpha value is -2.17. The van der Waals surface area contributed by atoms with E-state index in [-0.39, 0.29) is 23.1 Å². The van der Waals surface area contributed by atoms with Gasteiger partial charge in [-0.3, -0.25) is 14.2 Å². The third kappa shape index (κ3) is 2.87. The first-order valence-corrected chi connectivity index (χ1v) is 8.39. The van der Waals surface area contributed by atoms with Crippen LogP contribution in [0.25, 0.3) is 11.0 Å². The Balaban J connectivity index is 2.02. The van der Waals surface area contributed by atoms with E-state index >= 15 is 0 Å². The first-order chi connectivity index (χ1) is 11.1. The van der Waals surface area contributed by atoms with Crippen LogP contribution in [0.15, 0.2) is 29.2 Å². The second kappa shape index (κ2) is 6.52. The fourth-order valence-electron chi connectivity index (χ4n) is 3.56. The van der Waals surface area contributed by atoms with Gasteiger partial charge in [-0.25, -0.2) is 4.98 Å². The van der Waals surface area contributed by atoms with Crippen molar-refractivity contribution in [1.29, 1.82) is 0 Å². The number of fused-ring (bicyclic) bond motifs is 1. The lowest BCUT2D eigenvalue weighted by molar-refractivity contribution is 0.0646. The van der Waals surface area contributed by atoms with Crippen molar-refractivity contribution in [2.75, 3.05) is 6.54 Å². The van der Waals surface area contributed by atoms with E-state index < -0.39 is 0 Å². The maximum atomic E-state index is 13.0. The van der Waals surface area contributed by atoms with Crippen molar-refractivity contribution < 1.29 is 4.79 Å². The average Bonchev–Trinajstić information content (AvgIpc) is 2.59. The summed E-state index contributed by atoms with van der Waals surface area (Å²) in [6, 6.07) is 5.66. The molecule has 0 aromatic carbocycles. The lowest BCUT2D eigenvalue weighted by Crippen LogP contribution is -2.43. The molecule has 0 saturated heterocycles. The van der Waals surface area contributed by atoms with Gasteiger partial charge < -0.3 is 4.90 Å². The van der Waals surface area contributed by atoms with E-state index in [1.807, 2.05) is 24.0 Å². The van der Waals surface area contributed by atoms with Gasteiger partial charge >= 0.3 is 0 Å². The van der Waals surface area contributed by atoms with Crippen LogP contribution in [0.1, 0.15) is 49.4 Å². The molecule has 1 saturated carbocycles. The van der Waals surface area contributed by atoms with Gasteiger partial charge in [-0.1, -0.05) is 19.3 Å². The molecule has 2 aromatic rings. The summed E-state index contributed by atoms with van der Waals surface area (Å²) >= 11 is 0. The number of aryl methyl sites for hydroxylation is 1. The Morgan fingerprint density at radius 1 is 1.35 bits per heavy atom. The molecule has 0 bridgehead atoms. The summed E-state index contributed by atoms with van der Waals surface area (Å²) in [6.07, 6.45) is 7.29. The van der Waals surface area contributed by atoms with Gasteiger partial charge in [-0.05, 0) is 38.0 Å². The second-order valence-electron chi connectivity index (χ2n) is 6.22. The van der Waals surface area contributed by atoms with Crippen molar-refractivity contribution in [1.82, 2.24) is 14.5 Å². The van der Waals surface area contributed by atoms with Crippen LogP contribution in [-0.2, 0) is 7.05 Å². The van der Waals surface area contributed by atoms with Crippen molar-refractivity contribution in [3.63, 3.8) is 0 Å². The molecule has 23 heavy (non-hydrogen) atoms. The summed E-state index contributed by atoms with van der Waals surface area (Å²) in [5.74, 6) is -0.147. The molecular formula is C18H23N3O2. The molecule has 2 aromatic heterocycles. The first-order valence-electron chi connectivity index (χ1n) is 8.39.